The van der Waals surface area contributed by atoms with Gasteiger partial charge in [-0.2, -0.15) is 0 Å². The van der Waals surface area contributed by atoms with E-state index in [4.69, 9.17) is 0 Å². The van der Waals surface area contributed by atoms with Gasteiger partial charge in [-0.05, 0) is 26.0 Å². The van der Waals surface area contributed by atoms with E-state index in [0.717, 1.165) is 5.69 Å². The van der Waals surface area contributed by atoms with Crippen LogP contribution in [0, 0.1) is 6.92 Å². The van der Waals surface area contributed by atoms with Crippen molar-refractivity contribution in [2.45, 2.75) is 19.1 Å². The van der Waals surface area contributed by atoms with E-state index in [2.05, 4.69) is 15.3 Å². The Labute approximate surface area is 92.2 Å². The van der Waals surface area contributed by atoms with E-state index in [1.807, 2.05) is 32.0 Å². The van der Waals surface area contributed by atoms with E-state index < -0.39 is 0 Å². The van der Waals surface area contributed by atoms with Crippen LogP contribution < -0.4 is 5.32 Å². The molecule has 1 amide bonds. The molecule has 2 rings (SSSR count). The molecular weight excluding hydrogens is 210 g/mol. The van der Waals surface area contributed by atoms with Crippen LogP contribution in [0.3, 0.4) is 0 Å². The fourth-order valence-corrected chi connectivity index (χ4v) is 2.01. The second-order valence-corrected chi connectivity index (χ2v) is 4.63. The van der Waals surface area contributed by atoms with E-state index in [0.29, 0.717) is 11.0 Å². The third-order valence-corrected chi connectivity index (χ3v) is 2.96. The topological polar surface area (TPSA) is 54.4 Å². The van der Waals surface area contributed by atoms with Gasteiger partial charge in [-0.25, -0.2) is 9.98 Å². The van der Waals surface area contributed by atoms with Gasteiger partial charge >= 0.3 is 0 Å². The van der Waals surface area contributed by atoms with Gasteiger partial charge in [-0.15, -0.1) is 0 Å². The molecule has 1 aromatic rings. The largest absolute Gasteiger partial charge is 0.304 e. The second-order valence-electron chi connectivity index (χ2n) is 3.30. The van der Waals surface area contributed by atoms with E-state index in [-0.39, 0.29) is 11.2 Å². The van der Waals surface area contributed by atoms with Crippen molar-refractivity contribution < 1.29 is 4.79 Å². The first-order valence-electron chi connectivity index (χ1n) is 4.65. The van der Waals surface area contributed by atoms with Crippen LogP contribution in [-0.4, -0.2) is 21.3 Å². The van der Waals surface area contributed by atoms with Crippen molar-refractivity contribution in [3.63, 3.8) is 0 Å². The van der Waals surface area contributed by atoms with E-state index in [1.54, 1.807) is 0 Å². The summed E-state index contributed by atoms with van der Waals surface area (Å²) in [4.78, 5) is 19.7. The van der Waals surface area contributed by atoms with Crippen molar-refractivity contribution in [2.24, 2.45) is 4.99 Å². The lowest BCUT2D eigenvalue weighted by molar-refractivity contribution is -0.118. The van der Waals surface area contributed by atoms with Gasteiger partial charge in [0.1, 0.15) is 0 Å². The van der Waals surface area contributed by atoms with Gasteiger partial charge in [0.15, 0.2) is 11.0 Å². The van der Waals surface area contributed by atoms with Gasteiger partial charge in [0.25, 0.3) is 0 Å². The van der Waals surface area contributed by atoms with Crippen LogP contribution in [0.4, 0.5) is 5.82 Å². The summed E-state index contributed by atoms with van der Waals surface area (Å²) < 4.78 is 0. The number of aryl methyl sites for hydroxylation is 1. The molecule has 0 aromatic carbocycles. The molecule has 1 fully saturated rings. The first-order valence-corrected chi connectivity index (χ1v) is 5.53. The van der Waals surface area contributed by atoms with E-state index >= 15 is 0 Å². The molecule has 1 aromatic heterocycles. The summed E-state index contributed by atoms with van der Waals surface area (Å²) in [6.07, 6.45) is 0. The maximum Gasteiger partial charge on any atom is 0.239 e. The van der Waals surface area contributed by atoms with Crippen LogP contribution in [0.5, 0.6) is 0 Å². The zero-order chi connectivity index (χ0) is 10.8. The number of pyridine rings is 1. The van der Waals surface area contributed by atoms with Gasteiger partial charge in [-0.3, -0.25) is 4.79 Å². The third-order valence-electron chi connectivity index (χ3n) is 1.98. The minimum absolute atomic E-state index is 0.00593. The highest BCUT2D eigenvalue weighted by Crippen LogP contribution is 2.21. The van der Waals surface area contributed by atoms with Crippen molar-refractivity contribution in [1.82, 2.24) is 10.3 Å². The Morgan fingerprint density at radius 1 is 1.53 bits per heavy atom. The molecule has 4 nitrogen and oxygen atoms in total. The average molecular weight is 221 g/mol. The molecule has 0 radical (unpaired) electrons. The number of carbonyl (C=O) groups excluding carboxylic acids is 1. The number of thioether (sulfide) groups is 1. The van der Waals surface area contributed by atoms with Crippen molar-refractivity contribution in [1.29, 1.82) is 0 Å². The van der Waals surface area contributed by atoms with Crippen LogP contribution in [-0.2, 0) is 4.79 Å². The highest BCUT2D eigenvalue weighted by molar-refractivity contribution is 8.15. The second kappa shape index (κ2) is 4.02. The smallest absolute Gasteiger partial charge is 0.239 e. The number of amides is 1. The molecule has 1 unspecified atom stereocenters. The average Bonchev–Trinajstić information content (AvgIpc) is 2.45. The highest BCUT2D eigenvalue weighted by Gasteiger charge is 2.25. The summed E-state index contributed by atoms with van der Waals surface area (Å²) in [5, 5.41) is 3.27. The Hall–Kier alpha value is -1.36. The number of aromatic nitrogens is 1. The number of hydrogen-bond acceptors (Lipinski definition) is 4. The standard InChI is InChI=1S/C10H11N3OS/c1-6-4-3-5-8(11-6)12-10-13-9(14)7(2)15-10/h3-5,7H,1-2H3,(H,11,12,13,14). The lowest BCUT2D eigenvalue weighted by Gasteiger charge is -1.96. The highest BCUT2D eigenvalue weighted by atomic mass is 32.2. The molecule has 15 heavy (non-hydrogen) atoms. The summed E-state index contributed by atoms with van der Waals surface area (Å²) in [6.45, 7) is 3.76. The van der Waals surface area contributed by atoms with Gasteiger partial charge in [0, 0.05) is 5.69 Å². The summed E-state index contributed by atoms with van der Waals surface area (Å²) in [7, 11) is 0. The number of rotatable bonds is 1. The Balaban J connectivity index is 2.21. The predicted molar refractivity (Wildman–Crippen MR) is 61.3 cm³/mol. The van der Waals surface area contributed by atoms with Gasteiger partial charge in [0.2, 0.25) is 5.91 Å². The summed E-state index contributed by atoms with van der Waals surface area (Å²) in [5.41, 5.74) is 0.916. The molecule has 78 valence electrons. The van der Waals surface area contributed by atoms with Crippen LogP contribution in [0.15, 0.2) is 23.2 Å². The fourth-order valence-electron chi connectivity index (χ4n) is 1.21. The molecule has 5 heteroatoms. The van der Waals surface area contributed by atoms with Crippen LogP contribution in [0.2, 0.25) is 0 Å². The van der Waals surface area contributed by atoms with Crippen LogP contribution >= 0.6 is 11.8 Å². The molecule has 0 saturated carbocycles. The Bertz CT molecular complexity index is 430. The molecular formula is C10H11N3OS. The van der Waals surface area contributed by atoms with Crippen molar-refractivity contribution >= 4 is 28.7 Å². The van der Waals surface area contributed by atoms with E-state index in [1.165, 1.54) is 11.8 Å². The zero-order valence-corrected chi connectivity index (χ0v) is 9.34. The van der Waals surface area contributed by atoms with Crippen molar-refractivity contribution in [3.8, 4) is 0 Å². The number of aliphatic imine (C=N–C) groups is 1. The monoisotopic (exact) mass is 221 g/mol. The molecule has 1 aliphatic rings. The molecule has 1 aliphatic heterocycles. The van der Waals surface area contributed by atoms with Gasteiger partial charge < -0.3 is 5.32 Å². The first kappa shape index (κ1) is 10.2. The number of nitrogens with zero attached hydrogens (tertiary/aromatic N) is 2. The first-order chi connectivity index (χ1) is 7.15. The van der Waals surface area contributed by atoms with Crippen molar-refractivity contribution in [2.75, 3.05) is 0 Å². The van der Waals surface area contributed by atoms with Gasteiger partial charge in [-0.1, -0.05) is 17.8 Å². The number of nitrogens with one attached hydrogen (secondary N) is 1. The lowest BCUT2D eigenvalue weighted by Crippen LogP contribution is -2.23. The fraction of sp³-hybridized carbons (Fsp3) is 0.300. The zero-order valence-electron chi connectivity index (χ0n) is 8.52. The molecule has 1 N–H and O–H groups in total. The molecule has 2 heterocycles. The third kappa shape index (κ3) is 2.36. The summed E-state index contributed by atoms with van der Waals surface area (Å²) >= 11 is 1.42. The minimum atomic E-state index is -0.0615. The maximum absolute atomic E-state index is 11.2. The Kier molecular flexibility index (Phi) is 2.73. The SMILES string of the molecule is Cc1cccc(/N=C2/NC(=O)C(C)S2)n1. The van der Waals surface area contributed by atoms with Crippen LogP contribution in [0.25, 0.3) is 0 Å². The number of carbonyl (C=O) groups is 1. The maximum atomic E-state index is 11.2. The van der Waals surface area contributed by atoms with Gasteiger partial charge in [0.05, 0.1) is 5.25 Å². The summed E-state index contributed by atoms with van der Waals surface area (Å²) in [6, 6.07) is 5.62. The van der Waals surface area contributed by atoms with E-state index in [9.17, 15) is 4.79 Å². The van der Waals surface area contributed by atoms with Crippen molar-refractivity contribution in [3.05, 3.63) is 23.9 Å². The molecule has 0 bridgehead atoms. The predicted octanol–water partition coefficient (Wildman–Crippen LogP) is 1.63. The summed E-state index contributed by atoms with van der Waals surface area (Å²) in [5.74, 6) is 0.637. The quantitative estimate of drug-likeness (QED) is 0.784. The minimum Gasteiger partial charge on any atom is -0.304 e. The molecule has 0 aliphatic carbocycles. The molecule has 0 spiro atoms. The number of hydrogen-bond donors (Lipinski definition) is 1. The Morgan fingerprint density at radius 3 is 2.93 bits per heavy atom. The lowest BCUT2D eigenvalue weighted by atomic mass is 10.4. The molecule has 1 saturated heterocycles. The van der Waals surface area contributed by atoms with Crippen LogP contribution in [0.1, 0.15) is 12.6 Å². The normalized spacial score (nSPS) is 23.2. The number of amidine groups is 1. The molecule has 1 atom stereocenters. The Morgan fingerprint density at radius 2 is 2.33 bits per heavy atom.